The summed E-state index contributed by atoms with van der Waals surface area (Å²) in [4.78, 5) is 12.8. The molecule has 1 amide bonds. The summed E-state index contributed by atoms with van der Waals surface area (Å²) in [5, 5.41) is 7.44. The van der Waals surface area contributed by atoms with E-state index < -0.39 is 0 Å². The van der Waals surface area contributed by atoms with Crippen LogP contribution in [0.4, 0.5) is 4.39 Å². The van der Waals surface area contributed by atoms with Gasteiger partial charge in [0.2, 0.25) is 0 Å². The van der Waals surface area contributed by atoms with Crippen molar-refractivity contribution in [2.75, 3.05) is 20.3 Å². The number of hydrogen-bond donors (Lipinski definition) is 1. The molecule has 0 aliphatic rings. The van der Waals surface area contributed by atoms with Crippen LogP contribution in [-0.2, 0) is 4.74 Å². The number of hydrogen-bond acceptors (Lipinski definition) is 3. The number of amides is 1. The number of ether oxygens (including phenoxy) is 1. The Balaban J connectivity index is 2.03. The molecule has 0 aliphatic heterocycles. The lowest BCUT2D eigenvalue weighted by Crippen LogP contribution is -2.27. The van der Waals surface area contributed by atoms with Crippen molar-refractivity contribution in [3.8, 4) is 16.9 Å². The highest BCUT2D eigenvalue weighted by atomic mass is 19.1. The summed E-state index contributed by atoms with van der Waals surface area (Å²) < 4.78 is 20.9. The first kappa shape index (κ1) is 19.8. The zero-order chi connectivity index (χ0) is 20.1. The van der Waals surface area contributed by atoms with E-state index in [4.69, 9.17) is 4.74 Å². The highest BCUT2D eigenvalue weighted by Crippen LogP contribution is 2.25. The van der Waals surface area contributed by atoms with Crippen molar-refractivity contribution >= 4 is 5.91 Å². The van der Waals surface area contributed by atoms with Crippen molar-refractivity contribution < 1.29 is 13.9 Å². The summed E-state index contributed by atoms with van der Waals surface area (Å²) in [6, 6.07) is 14.0. The minimum Gasteiger partial charge on any atom is -0.385 e. The van der Waals surface area contributed by atoms with Crippen LogP contribution in [-0.4, -0.2) is 35.9 Å². The molecule has 146 valence electrons. The van der Waals surface area contributed by atoms with Crippen LogP contribution < -0.4 is 5.32 Å². The van der Waals surface area contributed by atoms with E-state index in [1.165, 1.54) is 6.07 Å². The fourth-order valence-electron chi connectivity index (χ4n) is 3.08. The van der Waals surface area contributed by atoms with Crippen LogP contribution in [0, 0.1) is 19.7 Å². The van der Waals surface area contributed by atoms with Gasteiger partial charge in [-0.3, -0.25) is 4.79 Å². The van der Waals surface area contributed by atoms with E-state index >= 15 is 0 Å². The molecule has 5 nitrogen and oxygen atoms in total. The number of nitrogens with zero attached hydrogens (tertiary/aromatic N) is 2. The fourth-order valence-corrected chi connectivity index (χ4v) is 3.08. The maximum Gasteiger partial charge on any atom is 0.270 e. The standard InChI is InChI=1S/C22H24FN3O2/c1-15-9-10-20(16(2)13-15)26-21(22(27)24-11-6-12-28-3)14-19(25-26)17-7-4-5-8-18(17)23/h4-5,7-10,13-14H,6,11-12H2,1-3H3,(H,24,27). The number of methoxy groups -OCH3 is 1. The van der Waals surface area contributed by atoms with Crippen molar-refractivity contribution in [2.24, 2.45) is 0 Å². The number of aryl methyl sites for hydroxylation is 2. The molecule has 1 heterocycles. The normalized spacial score (nSPS) is 10.9. The van der Waals surface area contributed by atoms with Crippen LogP contribution in [0.1, 0.15) is 28.0 Å². The third kappa shape index (κ3) is 4.28. The second kappa shape index (κ2) is 8.80. The summed E-state index contributed by atoms with van der Waals surface area (Å²) >= 11 is 0. The highest BCUT2D eigenvalue weighted by Gasteiger charge is 2.19. The van der Waals surface area contributed by atoms with Crippen LogP contribution >= 0.6 is 0 Å². The topological polar surface area (TPSA) is 56.1 Å². The van der Waals surface area contributed by atoms with Crippen molar-refractivity contribution in [1.82, 2.24) is 15.1 Å². The number of rotatable bonds is 7. The van der Waals surface area contributed by atoms with Crippen LogP contribution in [0.3, 0.4) is 0 Å². The largest absolute Gasteiger partial charge is 0.385 e. The fraction of sp³-hybridized carbons (Fsp3) is 0.273. The molecule has 1 aromatic heterocycles. The molecular weight excluding hydrogens is 357 g/mol. The molecule has 28 heavy (non-hydrogen) atoms. The van der Waals surface area contributed by atoms with Crippen molar-refractivity contribution in [3.63, 3.8) is 0 Å². The van der Waals surface area contributed by atoms with E-state index in [0.29, 0.717) is 36.5 Å². The third-order valence-electron chi connectivity index (χ3n) is 4.48. The Kier molecular flexibility index (Phi) is 6.21. The van der Waals surface area contributed by atoms with E-state index in [2.05, 4.69) is 10.4 Å². The predicted molar refractivity (Wildman–Crippen MR) is 107 cm³/mol. The summed E-state index contributed by atoms with van der Waals surface area (Å²) in [6.07, 6.45) is 0.708. The van der Waals surface area contributed by atoms with Crippen LogP contribution in [0.5, 0.6) is 0 Å². The lowest BCUT2D eigenvalue weighted by atomic mass is 10.1. The molecule has 0 bridgehead atoms. The number of nitrogens with one attached hydrogen (secondary N) is 1. The van der Waals surface area contributed by atoms with Gasteiger partial charge in [0.1, 0.15) is 11.5 Å². The summed E-state index contributed by atoms with van der Waals surface area (Å²) in [6.45, 7) is 5.03. The second-order valence-corrected chi connectivity index (χ2v) is 6.70. The van der Waals surface area contributed by atoms with Crippen molar-refractivity contribution in [1.29, 1.82) is 0 Å². The molecule has 6 heteroatoms. The molecule has 0 saturated heterocycles. The smallest absolute Gasteiger partial charge is 0.270 e. The van der Waals surface area contributed by atoms with Crippen LogP contribution in [0.25, 0.3) is 16.9 Å². The number of carbonyl (C=O) groups is 1. The van der Waals surface area contributed by atoms with Gasteiger partial charge in [0.05, 0.1) is 11.4 Å². The minimum absolute atomic E-state index is 0.258. The van der Waals surface area contributed by atoms with E-state index in [-0.39, 0.29) is 11.7 Å². The zero-order valence-corrected chi connectivity index (χ0v) is 16.3. The maximum atomic E-state index is 14.3. The molecule has 0 radical (unpaired) electrons. The monoisotopic (exact) mass is 381 g/mol. The average molecular weight is 381 g/mol. The average Bonchev–Trinajstić information content (AvgIpc) is 3.10. The van der Waals surface area contributed by atoms with E-state index in [1.54, 1.807) is 36.1 Å². The van der Waals surface area contributed by atoms with E-state index in [1.807, 2.05) is 32.0 Å². The van der Waals surface area contributed by atoms with Gasteiger partial charge in [0.25, 0.3) is 5.91 Å². The summed E-state index contributed by atoms with van der Waals surface area (Å²) in [7, 11) is 1.62. The van der Waals surface area contributed by atoms with Gasteiger partial charge in [-0.25, -0.2) is 9.07 Å². The molecule has 3 rings (SSSR count). The van der Waals surface area contributed by atoms with E-state index in [9.17, 15) is 9.18 Å². The minimum atomic E-state index is -0.375. The van der Waals surface area contributed by atoms with E-state index in [0.717, 1.165) is 16.8 Å². The van der Waals surface area contributed by atoms with Crippen LogP contribution in [0.15, 0.2) is 48.5 Å². The zero-order valence-electron chi connectivity index (χ0n) is 16.3. The quantitative estimate of drug-likeness (QED) is 0.628. The molecule has 2 aromatic carbocycles. The summed E-state index contributed by atoms with van der Waals surface area (Å²) in [5.41, 5.74) is 4.03. The molecule has 0 atom stereocenters. The molecule has 0 saturated carbocycles. The molecule has 0 aliphatic carbocycles. The first-order valence-electron chi connectivity index (χ1n) is 9.21. The van der Waals surface area contributed by atoms with Crippen LogP contribution in [0.2, 0.25) is 0 Å². The predicted octanol–water partition coefficient (Wildman–Crippen LogP) is 4.06. The van der Waals surface area contributed by atoms with Crippen molar-refractivity contribution in [2.45, 2.75) is 20.3 Å². The Labute approximate surface area is 164 Å². The maximum absolute atomic E-state index is 14.3. The SMILES string of the molecule is COCCCNC(=O)c1cc(-c2ccccc2F)nn1-c1ccc(C)cc1C. The number of benzene rings is 2. The molecule has 1 N–H and O–H groups in total. The Morgan fingerprint density at radius 1 is 1.18 bits per heavy atom. The van der Waals surface area contributed by atoms with Gasteiger partial charge in [0, 0.05) is 25.8 Å². The number of halogens is 1. The Bertz CT molecular complexity index is 982. The lowest BCUT2D eigenvalue weighted by Gasteiger charge is -2.11. The molecule has 0 spiro atoms. The molecule has 0 unspecified atom stereocenters. The Morgan fingerprint density at radius 3 is 2.68 bits per heavy atom. The van der Waals surface area contributed by atoms with Gasteiger partial charge < -0.3 is 10.1 Å². The first-order chi connectivity index (χ1) is 13.5. The second-order valence-electron chi connectivity index (χ2n) is 6.70. The Morgan fingerprint density at radius 2 is 1.96 bits per heavy atom. The highest BCUT2D eigenvalue weighted by molar-refractivity contribution is 5.94. The molecular formula is C22H24FN3O2. The lowest BCUT2D eigenvalue weighted by molar-refractivity contribution is 0.0941. The first-order valence-corrected chi connectivity index (χ1v) is 9.21. The summed E-state index contributed by atoms with van der Waals surface area (Å²) in [5.74, 6) is -0.633. The van der Waals surface area contributed by atoms with Gasteiger partial charge in [-0.1, -0.05) is 29.8 Å². The number of aromatic nitrogens is 2. The van der Waals surface area contributed by atoms with Gasteiger partial charge in [0.15, 0.2) is 0 Å². The van der Waals surface area contributed by atoms with Gasteiger partial charge in [-0.15, -0.1) is 0 Å². The van der Waals surface area contributed by atoms with Gasteiger partial charge >= 0.3 is 0 Å². The van der Waals surface area contributed by atoms with Gasteiger partial charge in [-0.05, 0) is 50.1 Å². The van der Waals surface area contributed by atoms with Crippen molar-refractivity contribution in [3.05, 3.63) is 71.2 Å². The van der Waals surface area contributed by atoms with Gasteiger partial charge in [-0.2, -0.15) is 5.10 Å². The molecule has 3 aromatic rings. The molecule has 0 fully saturated rings. The number of carbonyl (C=O) groups excluding carboxylic acids is 1. The third-order valence-corrected chi connectivity index (χ3v) is 4.48. The Hall–Kier alpha value is -2.99.